The Morgan fingerprint density at radius 2 is 1.80 bits per heavy atom. The van der Waals surface area contributed by atoms with E-state index in [9.17, 15) is 9.59 Å². The molecule has 0 heterocycles. The highest BCUT2D eigenvalue weighted by molar-refractivity contribution is 6.63. The third-order valence-electron chi connectivity index (χ3n) is 11.1. The number of hydrogen-bond donors (Lipinski definition) is 0. The van der Waals surface area contributed by atoms with E-state index in [1.54, 1.807) is 0 Å². The molecule has 35 heavy (non-hydrogen) atoms. The Morgan fingerprint density at radius 1 is 1.03 bits per heavy atom. The van der Waals surface area contributed by atoms with Crippen LogP contribution in [0.4, 0.5) is 0 Å². The number of esters is 1. The quantitative estimate of drug-likeness (QED) is 0.179. The fourth-order valence-electron chi connectivity index (χ4n) is 9.20. The lowest BCUT2D eigenvalue weighted by molar-refractivity contribution is -0.152. The van der Waals surface area contributed by atoms with Crippen LogP contribution in [-0.2, 0) is 14.3 Å². The van der Waals surface area contributed by atoms with Crippen LogP contribution in [0.25, 0.3) is 0 Å². The molecule has 0 N–H and O–H groups in total. The van der Waals surface area contributed by atoms with E-state index in [0.29, 0.717) is 5.41 Å². The van der Waals surface area contributed by atoms with Gasteiger partial charge in [-0.05, 0) is 103 Å². The van der Waals surface area contributed by atoms with Gasteiger partial charge in [0.2, 0.25) is 5.24 Å². The van der Waals surface area contributed by atoms with Gasteiger partial charge in [0, 0.05) is 12.8 Å². The second kappa shape index (κ2) is 10.9. The van der Waals surface area contributed by atoms with Crippen molar-refractivity contribution < 1.29 is 14.3 Å². The summed E-state index contributed by atoms with van der Waals surface area (Å²) in [4.78, 5) is 23.2. The van der Waals surface area contributed by atoms with Gasteiger partial charge in [-0.3, -0.25) is 9.59 Å². The van der Waals surface area contributed by atoms with E-state index >= 15 is 0 Å². The van der Waals surface area contributed by atoms with Crippen LogP contribution in [0.3, 0.4) is 0 Å². The normalized spacial score (nSPS) is 39.3. The first-order chi connectivity index (χ1) is 16.5. The number of ether oxygens (including phenoxy) is 1. The zero-order valence-electron chi connectivity index (χ0n) is 22.9. The Bertz CT molecular complexity index is 818. The molecule has 8 atom stereocenters. The summed E-state index contributed by atoms with van der Waals surface area (Å²) >= 11 is 5.39. The molecule has 0 aromatic heterocycles. The first-order valence-electron chi connectivity index (χ1n) is 14.6. The molecule has 0 bridgehead atoms. The minimum atomic E-state index is -0.470. The molecule has 0 saturated heterocycles. The Morgan fingerprint density at radius 3 is 2.51 bits per heavy atom. The van der Waals surface area contributed by atoms with Gasteiger partial charge in [-0.2, -0.15) is 0 Å². The Balaban J connectivity index is 1.40. The van der Waals surface area contributed by atoms with Crippen LogP contribution in [0.5, 0.6) is 0 Å². The van der Waals surface area contributed by atoms with E-state index in [4.69, 9.17) is 16.3 Å². The molecule has 4 aliphatic carbocycles. The SMILES string of the molecule is CC(C)CCC[C@@H](C)[C@H]1CC[C@H]2[C@@H]3CC=C4C[C@@H](OC(=O)CCC(=O)Cl)CC[C@]4(C)[C@H]3CC[C@]12C. The molecule has 0 aromatic rings. The van der Waals surface area contributed by atoms with Crippen LogP contribution in [-0.4, -0.2) is 17.3 Å². The van der Waals surface area contributed by atoms with Crippen LogP contribution in [0, 0.1) is 46.3 Å². The maximum atomic E-state index is 12.2. The fourth-order valence-corrected chi connectivity index (χ4v) is 9.29. The van der Waals surface area contributed by atoms with Crippen molar-refractivity contribution in [1.29, 1.82) is 0 Å². The van der Waals surface area contributed by atoms with Crippen molar-refractivity contribution in [3.05, 3.63) is 11.6 Å². The van der Waals surface area contributed by atoms with Gasteiger partial charge in [0.1, 0.15) is 6.10 Å². The highest BCUT2D eigenvalue weighted by Crippen LogP contribution is 2.67. The maximum absolute atomic E-state index is 12.2. The highest BCUT2D eigenvalue weighted by Gasteiger charge is 2.59. The van der Waals surface area contributed by atoms with Crippen molar-refractivity contribution in [2.75, 3.05) is 0 Å². The molecule has 3 fully saturated rings. The average molecular weight is 505 g/mol. The lowest BCUT2D eigenvalue weighted by Crippen LogP contribution is -2.51. The summed E-state index contributed by atoms with van der Waals surface area (Å²) in [6.45, 7) is 12.4. The Kier molecular flexibility index (Phi) is 8.46. The third-order valence-corrected chi connectivity index (χ3v) is 11.3. The van der Waals surface area contributed by atoms with Gasteiger partial charge in [-0.1, -0.05) is 65.5 Å². The van der Waals surface area contributed by atoms with E-state index in [2.05, 4.69) is 40.7 Å². The Labute approximate surface area is 219 Å². The molecule has 4 rings (SSSR count). The molecule has 0 amide bonds. The van der Waals surface area contributed by atoms with Crippen molar-refractivity contribution in [2.24, 2.45) is 46.3 Å². The van der Waals surface area contributed by atoms with Gasteiger partial charge in [-0.15, -0.1) is 0 Å². The predicted molar refractivity (Wildman–Crippen MR) is 143 cm³/mol. The van der Waals surface area contributed by atoms with Gasteiger partial charge >= 0.3 is 5.97 Å². The molecule has 3 saturated carbocycles. The lowest BCUT2D eigenvalue weighted by atomic mass is 9.47. The van der Waals surface area contributed by atoms with Crippen molar-refractivity contribution in [2.45, 2.75) is 124 Å². The van der Waals surface area contributed by atoms with Gasteiger partial charge in [0.25, 0.3) is 0 Å². The van der Waals surface area contributed by atoms with E-state index in [0.717, 1.165) is 54.8 Å². The molecule has 198 valence electrons. The van der Waals surface area contributed by atoms with E-state index in [-0.39, 0.29) is 30.3 Å². The maximum Gasteiger partial charge on any atom is 0.306 e. The zero-order valence-corrected chi connectivity index (χ0v) is 23.7. The minimum absolute atomic E-state index is 0.0415. The topological polar surface area (TPSA) is 43.4 Å². The van der Waals surface area contributed by atoms with Crippen molar-refractivity contribution >= 4 is 22.8 Å². The van der Waals surface area contributed by atoms with Gasteiger partial charge in [-0.25, -0.2) is 0 Å². The molecule has 0 spiro atoms. The summed E-state index contributed by atoms with van der Waals surface area (Å²) in [6.07, 6.45) is 16.6. The molecule has 4 heteroatoms. The largest absolute Gasteiger partial charge is 0.462 e. The van der Waals surface area contributed by atoms with Crippen molar-refractivity contribution in [3.63, 3.8) is 0 Å². The molecule has 3 nitrogen and oxygen atoms in total. The van der Waals surface area contributed by atoms with Gasteiger partial charge < -0.3 is 4.74 Å². The smallest absolute Gasteiger partial charge is 0.306 e. The van der Waals surface area contributed by atoms with E-state index in [1.165, 1.54) is 56.9 Å². The average Bonchev–Trinajstić information content (AvgIpc) is 3.15. The number of halogens is 1. The highest BCUT2D eigenvalue weighted by atomic mass is 35.5. The van der Waals surface area contributed by atoms with Gasteiger partial charge in [0.15, 0.2) is 0 Å². The third kappa shape index (κ3) is 5.55. The van der Waals surface area contributed by atoms with Crippen LogP contribution < -0.4 is 0 Å². The molecular weight excluding hydrogens is 456 g/mol. The fraction of sp³-hybridized carbons (Fsp3) is 0.871. The monoisotopic (exact) mass is 504 g/mol. The van der Waals surface area contributed by atoms with Crippen LogP contribution >= 0.6 is 11.6 Å². The summed E-state index contributed by atoms with van der Waals surface area (Å²) in [5, 5.41) is -0.470. The standard InChI is InChI=1S/C31H49ClO3/c1-20(2)7-6-8-21(3)25-11-12-26-24-10-9-22-19-23(35-29(34)14-13-28(32)33)15-17-30(22,4)27(24)16-18-31(25,26)5/h9,20-21,23-27H,6-8,10-19H2,1-5H3/t21-,23+,24+,25-,26+,27+,30+,31-/m1/s1. The van der Waals surface area contributed by atoms with Crippen molar-refractivity contribution in [1.82, 2.24) is 0 Å². The number of hydrogen-bond acceptors (Lipinski definition) is 3. The first kappa shape index (κ1) is 27.2. The van der Waals surface area contributed by atoms with Crippen molar-refractivity contribution in [3.8, 4) is 0 Å². The number of fused-ring (bicyclic) bond motifs is 5. The van der Waals surface area contributed by atoms with E-state index < -0.39 is 5.24 Å². The van der Waals surface area contributed by atoms with Crippen LogP contribution in [0.1, 0.15) is 118 Å². The summed E-state index contributed by atoms with van der Waals surface area (Å²) < 4.78 is 5.75. The summed E-state index contributed by atoms with van der Waals surface area (Å²) in [7, 11) is 0. The number of carbonyl (C=O) groups excluding carboxylic acids is 2. The Hall–Kier alpha value is -0.830. The molecule has 0 aromatic carbocycles. The van der Waals surface area contributed by atoms with Crippen LogP contribution in [0.2, 0.25) is 0 Å². The summed E-state index contributed by atoms with van der Waals surface area (Å²) in [6, 6.07) is 0. The predicted octanol–water partition coefficient (Wildman–Crippen LogP) is 8.49. The molecule has 4 aliphatic rings. The lowest BCUT2D eigenvalue weighted by Gasteiger charge is -2.58. The van der Waals surface area contributed by atoms with Crippen LogP contribution in [0.15, 0.2) is 11.6 Å². The zero-order chi connectivity index (χ0) is 25.4. The molecular formula is C31H49ClO3. The molecule has 0 aliphatic heterocycles. The summed E-state index contributed by atoms with van der Waals surface area (Å²) in [5.74, 6) is 4.76. The number of allylic oxidation sites excluding steroid dienone is 1. The number of carbonyl (C=O) groups is 2. The molecule has 0 radical (unpaired) electrons. The first-order valence-corrected chi connectivity index (χ1v) is 15.0. The summed E-state index contributed by atoms with van der Waals surface area (Å²) in [5.41, 5.74) is 2.32. The minimum Gasteiger partial charge on any atom is -0.462 e. The number of rotatable bonds is 9. The van der Waals surface area contributed by atoms with Gasteiger partial charge in [0.05, 0.1) is 6.42 Å². The second-order valence-corrected chi connectivity index (χ2v) is 13.9. The molecule has 0 unspecified atom stereocenters. The second-order valence-electron chi connectivity index (χ2n) is 13.5. The van der Waals surface area contributed by atoms with E-state index in [1.807, 2.05) is 0 Å².